The summed E-state index contributed by atoms with van der Waals surface area (Å²) in [6.45, 7) is 10.3. The van der Waals surface area contributed by atoms with Gasteiger partial charge >= 0.3 is 0 Å². The Morgan fingerprint density at radius 3 is 3.00 bits per heavy atom. The van der Waals surface area contributed by atoms with Gasteiger partial charge in [-0.1, -0.05) is 6.92 Å². The van der Waals surface area contributed by atoms with Gasteiger partial charge in [-0.3, -0.25) is 4.90 Å². The standard InChI is InChI=1S/C14H24N2S/c1-4-15-13-7-8-16(10-13)11(2)9-14-6-5-12(3)17-14/h5-6,11,13,15H,4,7-10H2,1-3H3. The minimum atomic E-state index is 0.678. The first-order valence-electron chi connectivity index (χ1n) is 6.71. The summed E-state index contributed by atoms with van der Waals surface area (Å²) in [4.78, 5) is 5.59. The molecule has 0 bridgehead atoms. The number of nitrogens with zero attached hydrogens (tertiary/aromatic N) is 1. The van der Waals surface area contributed by atoms with Crippen LogP contribution in [0.1, 0.15) is 30.0 Å². The van der Waals surface area contributed by atoms with Gasteiger partial charge in [-0.25, -0.2) is 0 Å². The number of hydrogen-bond acceptors (Lipinski definition) is 3. The van der Waals surface area contributed by atoms with Gasteiger partial charge in [-0.2, -0.15) is 0 Å². The fourth-order valence-corrected chi connectivity index (χ4v) is 3.67. The lowest BCUT2D eigenvalue weighted by molar-refractivity contribution is 0.252. The summed E-state index contributed by atoms with van der Waals surface area (Å²) >= 11 is 1.94. The molecule has 1 aliphatic rings. The van der Waals surface area contributed by atoms with Gasteiger partial charge in [0.15, 0.2) is 0 Å². The fraction of sp³-hybridized carbons (Fsp3) is 0.714. The molecule has 2 nitrogen and oxygen atoms in total. The van der Waals surface area contributed by atoms with Gasteiger partial charge in [-0.05, 0) is 45.4 Å². The minimum Gasteiger partial charge on any atom is -0.313 e. The van der Waals surface area contributed by atoms with Gasteiger partial charge in [-0.15, -0.1) is 11.3 Å². The highest BCUT2D eigenvalue weighted by Gasteiger charge is 2.25. The summed E-state index contributed by atoms with van der Waals surface area (Å²) in [5.74, 6) is 0. The molecule has 3 heteroatoms. The maximum Gasteiger partial charge on any atom is 0.0207 e. The van der Waals surface area contributed by atoms with Crippen molar-refractivity contribution >= 4 is 11.3 Å². The molecule has 1 N–H and O–H groups in total. The van der Waals surface area contributed by atoms with Crippen molar-refractivity contribution in [3.8, 4) is 0 Å². The summed E-state index contributed by atoms with van der Waals surface area (Å²) in [6, 6.07) is 5.91. The highest BCUT2D eigenvalue weighted by Crippen LogP contribution is 2.20. The second-order valence-corrected chi connectivity index (χ2v) is 6.48. The molecule has 0 aliphatic carbocycles. The molecule has 0 amide bonds. The molecule has 0 spiro atoms. The summed E-state index contributed by atoms with van der Waals surface area (Å²) < 4.78 is 0. The Labute approximate surface area is 109 Å². The van der Waals surface area contributed by atoms with Gasteiger partial charge in [0.05, 0.1) is 0 Å². The van der Waals surface area contributed by atoms with Crippen molar-refractivity contribution in [2.75, 3.05) is 19.6 Å². The molecule has 2 heterocycles. The molecule has 17 heavy (non-hydrogen) atoms. The third kappa shape index (κ3) is 3.54. The van der Waals surface area contributed by atoms with E-state index in [1.165, 1.54) is 35.7 Å². The van der Waals surface area contributed by atoms with Crippen LogP contribution in [0.15, 0.2) is 12.1 Å². The summed E-state index contributed by atoms with van der Waals surface area (Å²) in [5.41, 5.74) is 0. The molecule has 1 saturated heterocycles. The van der Waals surface area contributed by atoms with Gasteiger partial charge in [0.1, 0.15) is 0 Å². The van der Waals surface area contributed by atoms with Gasteiger partial charge in [0.2, 0.25) is 0 Å². The van der Waals surface area contributed by atoms with E-state index in [0.29, 0.717) is 12.1 Å². The lowest BCUT2D eigenvalue weighted by Gasteiger charge is -2.24. The van der Waals surface area contributed by atoms with Crippen molar-refractivity contribution in [2.45, 2.75) is 45.7 Å². The first-order chi connectivity index (χ1) is 8.19. The number of nitrogens with one attached hydrogen (secondary N) is 1. The molecular formula is C14H24N2S. The van der Waals surface area contributed by atoms with E-state index in [2.05, 4.69) is 43.1 Å². The molecule has 2 atom stereocenters. The van der Waals surface area contributed by atoms with Crippen LogP contribution in [0.2, 0.25) is 0 Å². The van der Waals surface area contributed by atoms with Crippen LogP contribution in [-0.2, 0) is 6.42 Å². The van der Waals surface area contributed by atoms with E-state index in [0.717, 1.165) is 6.54 Å². The maximum atomic E-state index is 3.56. The molecule has 1 fully saturated rings. The Hall–Kier alpha value is -0.380. The van der Waals surface area contributed by atoms with Crippen LogP contribution >= 0.6 is 11.3 Å². The van der Waals surface area contributed by atoms with E-state index < -0.39 is 0 Å². The molecule has 1 aliphatic heterocycles. The Bertz CT molecular complexity index is 348. The monoisotopic (exact) mass is 252 g/mol. The number of likely N-dealkylation sites (N-methyl/N-ethyl adjacent to an activating group) is 1. The van der Waals surface area contributed by atoms with E-state index >= 15 is 0 Å². The average Bonchev–Trinajstić information content (AvgIpc) is 2.88. The highest BCUT2D eigenvalue weighted by atomic mass is 32.1. The SMILES string of the molecule is CCNC1CCN(C(C)Cc2ccc(C)s2)C1. The lowest BCUT2D eigenvalue weighted by Crippen LogP contribution is -2.36. The van der Waals surface area contributed by atoms with Crippen molar-refractivity contribution in [1.82, 2.24) is 10.2 Å². The van der Waals surface area contributed by atoms with Crippen molar-refractivity contribution < 1.29 is 0 Å². The molecule has 0 aromatic carbocycles. The maximum absolute atomic E-state index is 3.56. The Morgan fingerprint density at radius 1 is 1.53 bits per heavy atom. The van der Waals surface area contributed by atoms with Crippen LogP contribution in [0.5, 0.6) is 0 Å². The van der Waals surface area contributed by atoms with E-state index in [4.69, 9.17) is 0 Å². The van der Waals surface area contributed by atoms with Gasteiger partial charge in [0.25, 0.3) is 0 Å². The molecule has 1 aromatic rings. The van der Waals surface area contributed by atoms with Crippen LogP contribution in [0.4, 0.5) is 0 Å². The zero-order valence-electron chi connectivity index (χ0n) is 11.2. The van der Waals surface area contributed by atoms with Crippen LogP contribution in [-0.4, -0.2) is 36.6 Å². The third-order valence-electron chi connectivity index (χ3n) is 3.63. The van der Waals surface area contributed by atoms with Crippen molar-refractivity contribution in [2.24, 2.45) is 0 Å². The highest BCUT2D eigenvalue weighted by molar-refractivity contribution is 7.11. The Balaban J connectivity index is 1.82. The first-order valence-corrected chi connectivity index (χ1v) is 7.53. The van der Waals surface area contributed by atoms with Crippen LogP contribution in [0, 0.1) is 6.92 Å². The van der Waals surface area contributed by atoms with Crippen LogP contribution in [0.25, 0.3) is 0 Å². The normalized spacial score (nSPS) is 23.1. The minimum absolute atomic E-state index is 0.678. The average molecular weight is 252 g/mol. The van der Waals surface area contributed by atoms with E-state index in [1.807, 2.05) is 11.3 Å². The number of likely N-dealkylation sites (tertiary alicyclic amines) is 1. The predicted molar refractivity (Wildman–Crippen MR) is 75.9 cm³/mol. The number of thiophene rings is 1. The second kappa shape index (κ2) is 5.98. The number of hydrogen-bond donors (Lipinski definition) is 1. The number of rotatable bonds is 5. The summed E-state index contributed by atoms with van der Waals surface area (Å²) in [6.07, 6.45) is 2.51. The zero-order valence-corrected chi connectivity index (χ0v) is 12.0. The van der Waals surface area contributed by atoms with Crippen molar-refractivity contribution in [3.05, 3.63) is 21.9 Å². The van der Waals surface area contributed by atoms with Crippen LogP contribution < -0.4 is 5.32 Å². The molecule has 96 valence electrons. The predicted octanol–water partition coefficient (Wildman–Crippen LogP) is 2.67. The topological polar surface area (TPSA) is 15.3 Å². The fourth-order valence-electron chi connectivity index (χ4n) is 2.66. The second-order valence-electron chi connectivity index (χ2n) is 5.10. The largest absolute Gasteiger partial charge is 0.313 e. The zero-order chi connectivity index (χ0) is 12.3. The third-order valence-corrected chi connectivity index (χ3v) is 4.65. The molecule has 1 aromatic heterocycles. The van der Waals surface area contributed by atoms with E-state index in [-0.39, 0.29) is 0 Å². The molecule has 2 rings (SSSR count). The van der Waals surface area contributed by atoms with Crippen molar-refractivity contribution in [1.29, 1.82) is 0 Å². The van der Waals surface area contributed by atoms with E-state index in [1.54, 1.807) is 0 Å². The molecular weight excluding hydrogens is 228 g/mol. The molecule has 2 unspecified atom stereocenters. The smallest absolute Gasteiger partial charge is 0.0207 e. The lowest BCUT2D eigenvalue weighted by atomic mass is 10.2. The van der Waals surface area contributed by atoms with Crippen molar-refractivity contribution in [3.63, 3.8) is 0 Å². The van der Waals surface area contributed by atoms with Gasteiger partial charge in [0, 0.05) is 34.9 Å². The Kier molecular flexibility index (Phi) is 4.60. The molecule has 0 saturated carbocycles. The Morgan fingerprint density at radius 2 is 2.35 bits per heavy atom. The molecule has 0 radical (unpaired) electrons. The van der Waals surface area contributed by atoms with Crippen LogP contribution in [0.3, 0.4) is 0 Å². The quantitative estimate of drug-likeness (QED) is 0.867. The number of aryl methyl sites for hydroxylation is 1. The van der Waals surface area contributed by atoms with Gasteiger partial charge < -0.3 is 5.32 Å². The summed E-state index contributed by atoms with van der Waals surface area (Å²) in [7, 11) is 0. The first kappa shape index (κ1) is 13.1. The van der Waals surface area contributed by atoms with E-state index in [9.17, 15) is 0 Å². The summed E-state index contributed by atoms with van der Waals surface area (Å²) in [5, 5.41) is 3.56.